The molecule has 0 saturated carbocycles. The Labute approximate surface area is 111 Å². The summed E-state index contributed by atoms with van der Waals surface area (Å²) in [6.45, 7) is 4.81. The van der Waals surface area contributed by atoms with E-state index in [-0.39, 0.29) is 0 Å². The number of nitrogens with one attached hydrogen (secondary N) is 1. The average molecular weight is 263 g/mol. The minimum absolute atomic E-state index is 0.588. The van der Waals surface area contributed by atoms with Crippen LogP contribution in [-0.2, 0) is 13.0 Å². The van der Waals surface area contributed by atoms with Crippen molar-refractivity contribution < 1.29 is 4.74 Å². The highest BCUT2D eigenvalue weighted by Gasteiger charge is 2.03. The highest BCUT2D eigenvalue weighted by atomic mass is 32.1. The van der Waals surface area contributed by atoms with Crippen LogP contribution in [0.25, 0.3) is 0 Å². The van der Waals surface area contributed by atoms with Gasteiger partial charge in [-0.1, -0.05) is 6.92 Å². The Morgan fingerprint density at radius 1 is 1.28 bits per heavy atom. The Morgan fingerprint density at radius 2 is 2.06 bits per heavy atom. The standard InChI is InChI=1S/C13H17N3OS/c1-4-10-5-6-11(18-10)8-14-12-7-13(17-3)16-9(2)15-12/h5-7H,4,8H2,1-3H3,(H,14,15,16). The molecule has 0 bridgehead atoms. The number of anilines is 1. The van der Waals surface area contributed by atoms with Crippen molar-refractivity contribution in [2.45, 2.75) is 26.8 Å². The van der Waals surface area contributed by atoms with Crippen molar-refractivity contribution in [2.24, 2.45) is 0 Å². The van der Waals surface area contributed by atoms with Gasteiger partial charge in [0.15, 0.2) is 0 Å². The van der Waals surface area contributed by atoms with E-state index in [2.05, 4.69) is 34.3 Å². The highest BCUT2D eigenvalue weighted by molar-refractivity contribution is 7.12. The van der Waals surface area contributed by atoms with Crippen molar-refractivity contribution in [2.75, 3.05) is 12.4 Å². The number of hydrogen-bond acceptors (Lipinski definition) is 5. The number of aromatic nitrogens is 2. The average Bonchev–Trinajstić information content (AvgIpc) is 2.83. The molecule has 0 aliphatic carbocycles. The molecule has 0 radical (unpaired) electrons. The van der Waals surface area contributed by atoms with Gasteiger partial charge in [0.1, 0.15) is 11.6 Å². The third-order valence-electron chi connectivity index (χ3n) is 2.53. The van der Waals surface area contributed by atoms with E-state index in [1.807, 2.05) is 18.3 Å². The van der Waals surface area contributed by atoms with Crippen LogP contribution in [0.1, 0.15) is 22.5 Å². The quantitative estimate of drug-likeness (QED) is 0.900. The molecule has 0 aromatic carbocycles. The Kier molecular flexibility index (Phi) is 4.15. The second kappa shape index (κ2) is 5.82. The molecule has 2 aromatic heterocycles. The second-order valence-electron chi connectivity index (χ2n) is 3.92. The zero-order valence-electron chi connectivity index (χ0n) is 10.9. The first kappa shape index (κ1) is 12.8. The Hall–Kier alpha value is -1.62. The lowest BCUT2D eigenvalue weighted by Crippen LogP contribution is -2.03. The van der Waals surface area contributed by atoms with Gasteiger partial charge in [0, 0.05) is 15.8 Å². The predicted molar refractivity (Wildman–Crippen MR) is 74.3 cm³/mol. The van der Waals surface area contributed by atoms with E-state index in [0.717, 1.165) is 18.8 Å². The van der Waals surface area contributed by atoms with E-state index in [4.69, 9.17) is 4.74 Å². The van der Waals surface area contributed by atoms with Crippen LogP contribution in [0.15, 0.2) is 18.2 Å². The molecule has 18 heavy (non-hydrogen) atoms. The normalized spacial score (nSPS) is 10.4. The molecule has 4 nitrogen and oxygen atoms in total. The summed E-state index contributed by atoms with van der Waals surface area (Å²) in [5.74, 6) is 2.09. The van der Waals surface area contributed by atoms with Crippen LogP contribution in [0.5, 0.6) is 5.88 Å². The van der Waals surface area contributed by atoms with Crippen LogP contribution < -0.4 is 10.1 Å². The third-order valence-corrected chi connectivity index (χ3v) is 3.76. The minimum Gasteiger partial charge on any atom is -0.481 e. The smallest absolute Gasteiger partial charge is 0.218 e. The molecule has 0 spiro atoms. The van der Waals surface area contributed by atoms with Gasteiger partial charge in [-0.15, -0.1) is 11.3 Å². The number of hydrogen-bond donors (Lipinski definition) is 1. The van der Waals surface area contributed by atoms with Crippen molar-refractivity contribution >= 4 is 17.2 Å². The molecule has 0 aliphatic rings. The molecule has 1 N–H and O–H groups in total. The van der Waals surface area contributed by atoms with Crippen LogP contribution in [-0.4, -0.2) is 17.1 Å². The van der Waals surface area contributed by atoms with Crippen LogP contribution in [0.3, 0.4) is 0 Å². The SMILES string of the molecule is CCc1ccc(CNc2cc(OC)nc(C)n2)s1. The molecular weight excluding hydrogens is 246 g/mol. The number of thiophene rings is 1. The summed E-state index contributed by atoms with van der Waals surface area (Å²) in [5.41, 5.74) is 0. The van der Waals surface area contributed by atoms with E-state index in [1.165, 1.54) is 9.75 Å². The molecule has 0 unspecified atom stereocenters. The topological polar surface area (TPSA) is 47.0 Å². The zero-order chi connectivity index (χ0) is 13.0. The van der Waals surface area contributed by atoms with E-state index in [0.29, 0.717) is 11.7 Å². The van der Waals surface area contributed by atoms with E-state index in [9.17, 15) is 0 Å². The summed E-state index contributed by atoms with van der Waals surface area (Å²) < 4.78 is 5.12. The molecule has 0 aliphatic heterocycles. The predicted octanol–water partition coefficient (Wildman–Crippen LogP) is 3.03. The minimum atomic E-state index is 0.588. The van der Waals surface area contributed by atoms with E-state index < -0.39 is 0 Å². The maximum absolute atomic E-state index is 5.12. The first-order valence-corrected chi connectivity index (χ1v) is 6.74. The van der Waals surface area contributed by atoms with Gasteiger partial charge in [-0.25, -0.2) is 4.98 Å². The molecule has 2 rings (SSSR count). The van der Waals surface area contributed by atoms with Gasteiger partial charge < -0.3 is 10.1 Å². The number of methoxy groups -OCH3 is 1. The van der Waals surface area contributed by atoms with E-state index in [1.54, 1.807) is 13.2 Å². The zero-order valence-corrected chi connectivity index (χ0v) is 11.7. The van der Waals surface area contributed by atoms with Crippen LogP contribution in [0.4, 0.5) is 5.82 Å². The van der Waals surface area contributed by atoms with Crippen molar-refractivity contribution in [3.05, 3.63) is 33.8 Å². The van der Waals surface area contributed by atoms with Gasteiger partial charge in [0.25, 0.3) is 0 Å². The molecule has 0 saturated heterocycles. The van der Waals surface area contributed by atoms with Crippen LogP contribution in [0.2, 0.25) is 0 Å². The highest BCUT2D eigenvalue weighted by Crippen LogP contribution is 2.19. The van der Waals surface area contributed by atoms with Crippen molar-refractivity contribution in [3.8, 4) is 5.88 Å². The first-order chi connectivity index (χ1) is 8.71. The first-order valence-electron chi connectivity index (χ1n) is 5.92. The lowest BCUT2D eigenvalue weighted by Gasteiger charge is -2.06. The van der Waals surface area contributed by atoms with Gasteiger partial charge in [-0.2, -0.15) is 4.98 Å². The fraction of sp³-hybridized carbons (Fsp3) is 0.385. The molecule has 2 aromatic rings. The summed E-state index contributed by atoms with van der Waals surface area (Å²) in [7, 11) is 1.61. The maximum Gasteiger partial charge on any atom is 0.218 e. The van der Waals surface area contributed by atoms with Crippen molar-refractivity contribution in [1.29, 1.82) is 0 Å². The number of nitrogens with zero attached hydrogens (tertiary/aromatic N) is 2. The molecule has 96 valence electrons. The molecule has 5 heteroatoms. The Bertz CT molecular complexity index is 525. The van der Waals surface area contributed by atoms with Gasteiger partial charge in [-0.3, -0.25) is 0 Å². The number of ether oxygens (including phenoxy) is 1. The summed E-state index contributed by atoms with van der Waals surface area (Å²) in [4.78, 5) is 11.2. The molecule has 0 amide bonds. The van der Waals surface area contributed by atoms with Gasteiger partial charge in [0.2, 0.25) is 5.88 Å². The van der Waals surface area contributed by atoms with E-state index >= 15 is 0 Å². The lowest BCUT2D eigenvalue weighted by molar-refractivity contribution is 0.396. The summed E-state index contributed by atoms with van der Waals surface area (Å²) in [6.07, 6.45) is 1.09. The van der Waals surface area contributed by atoms with Crippen LogP contribution in [0, 0.1) is 6.92 Å². The largest absolute Gasteiger partial charge is 0.481 e. The Balaban J connectivity index is 2.03. The van der Waals surface area contributed by atoms with Crippen molar-refractivity contribution in [1.82, 2.24) is 9.97 Å². The molecule has 0 atom stereocenters. The summed E-state index contributed by atoms with van der Waals surface area (Å²) >= 11 is 1.83. The lowest BCUT2D eigenvalue weighted by atomic mass is 10.3. The fourth-order valence-corrected chi connectivity index (χ4v) is 2.52. The maximum atomic E-state index is 5.12. The number of aryl methyl sites for hydroxylation is 2. The summed E-state index contributed by atoms with van der Waals surface area (Å²) in [6, 6.07) is 6.14. The van der Waals surface area contributed by atoms with Gasteiger partial charge in [-0.05, 0) is 25.5 Å². The number of rotatable bonds is 5. The Morgan fingerprint density at radius 3 is 2.72 bits per heavy atom. The second-order valence-corrected chi connectivity index (χ2v) is 5.17. The van der Waals surface area contributed by atoms with Crippen LogP contribution >= 0.6 is 11.3 Å². The molecular formula is C13H17N3OS. The molecule has 2 heterocycles. The summed E-state index contributed by atoms with van der Waals surface area (Å²) in [5, 5.41) is 3.29. The fourth-order valence-electron chi connectivity index (χ4n) is 1.62. The monoisotopic (exact) mass is 263 g/mol. The third kappa shape index (κ3) is 3.20. The van der Waals surface area contributed by atoms with Gasteiger partial charge in [0.05, 0.1) is 13.7 Å². The van der Waals surface area contributed by atoms with Crippen molar-refractivity contribution in [3.63, 3.8) is 0 Å². The van der Waals surface area contributed by atoms with Gasteiger partial charge >= 0.3 is 0 Å². The molecule has 0 fully saturated rings.